The van der Waals surface area contributed by atoms with E-state index in [0.29, 0.717) is 18.5 Å². The predicted molar refractivity (Wildman–Crippen MR) is 96.7 cm³/mol. The minimum Gasteiger partial charge on any atom is -0.444 e. The first kappa shape index (κ1) is 20.3. The van der Waals surface area contributed by atoms with E-state index < -0.39 is 5.60 Å². The van der Waals surface area contributed by atoms with Gasteiger partial charge < -0.3 is 15.0 Å². The number of nitrogens with one attached hydrogen (secondary N) is 1. The van der Waals surface area contributed by atoms with Gasteiger partial charge in [-0.15, -0.1) is 0 Å². The highest BCUT2D eigenvalue weighted by atomic mass is 16.6. The van der Waals surface area contributed by atoms with Crippen molar-refractivity contribution in [2.24, 2.45) is 11.8 Å². The van der Waals surface area contributed by atoms with Crippen LogP contribution in [-0.4, -0.2) is 41.3 Å². The molecule has 1 aliphatic carbocycles. The maximum atomic E-state index is 12.5. The monoisotopic (exact) mass is 326 g/mol. The van der Waals surface area contributed by atoms with Gasteiger partial charge in [-0.25, -0.2) is 4.79 Å². The van der Waals surface area contributed by atoms with Crippen molar-refractivity contribution in [2.75, 3.05) is 13.1 Å². The van der Waals surface area contributed by atoms with Gasteiger partial charge in [0.2, 0.25) is 0 Å². The molecule has 0 bridgehead atoms. The minimum atomic E-state index is -0.456. The molecular formula is C19H38N2O2. The molecule has 1 N–H and O–H groups in total. The second kappa shape index (κ2) is 7.87. The molecule has 1 fully saturated rings. The molecule has 0 radical (unpaired) electrons. The number of carbonyl (C=O) groups excluding carboxylic acids is 1. The zero-order chi connectivity index (χ0) is 17.8. The second-order valence-corrected chi connectivity index (χ2v) is 9.26. The standard InChI is InChI=1S/C19H38N2O2/c1-14-9-10-16(15(2)13-14)20-11-12-21(18(3,4)5)17(22)23-19(6,7)8/h14-16,20H,9-13H2,1-8H3. The Morgan fingerprint density at radius 1 is 1.13 bits per heavy atom. The van der Waals surface area contributed by atoms with Gasteiger partial charge in [-0.05, 0) is 72.6 Å². The summed E-state index contributed by atoms with van der Waals surface area (Å²) in [7, 11) is 0. The van der Waals surface area contributed by atoms with Crippen LogP contribution in [-0.2, 0) is 4.74 Å². The molecule has 1 saturated carbocycles. The molecule has 1 amide bonds. The summed E-state index contributed by atoms with van der Waals surface area (Å²) in [6.45, 7) is 18.1. The van der Waals surface area contributed by atoms with Crippen LogP contribution in [0.1, 0.15) is 74.7 Å². The van der Waals surface area contributed by atoms with Crippen LogP contribution in [0.3, 0.4) is 0 Å². The van der Waals surface area contributed by atoms with Crippen molar-refractivity contribution in [1.82, 2.24) is 10.2 Å². The van der Waals surface area contributed by atoms with E-state index in [1.54, 1.807) is 0 Å². The molecule has 136 valence electrons. The van der Waals surface area contributed by atoms with Crippen LogP contribution < -0.4 is 5.32 Å². The summed E-state index contributed by atoms with van der Waals surface area (Å²) in [5.41, 5.74) is -0.696. The summed E-state index contributed by atoms with van der Waals surface area (Å²) >= 11 is 0. The van der Waals surface area contributed by atoms with Crippen molar-refractivity contribution < 1.29 is 9.53 Å². The van der Waals surface area contributed by atoms with Gasteiger partial charge in [0.05, 0.1) is 0 Å². The van der Waals surface area contributed by atoms with Gasteiger partial charge in [-0.3, -0.25) is 0 Å². The first-order valence-corrected chi connectivity index (χ1v) is 9.14. The van der Waals surface area contributed by atoms with Gasteiger partial charge in [-0.2, -0.15) is 0 Å². The molecular weight excluding hydrogens is 288 g/mol. The van der Waals surface area contributed by atoms with E-state index in [9.17, 15) is 4.79 Å². The Hall–Kier alpha value is -0.770. The fourth-order valence-corrected chi connectivity index (χ4v) is 3.35. The highest BCUT2D eigenvalue weighted by Gasteiger charge is 2.31. The van der Waals surface area contributed by atoms with Gasteiger partial charge in [-0.1, -0.05) is 13.8 Å². The Morgan fingerprint density at radius 3 is 2.22 bits per heavy atom. The molecule has 23 heavy (non-hydrogen) atoms. The van der Waals surface area contributed by atoms with Crippen molar-refractivity contribution in [2.45, 2.75) is 91.8 Å². The molecule has 0 aromatic rings. The third-order valence-electron chi connectivity index (χ3n) is 4.60. The maximum absolute atomic E-state index is 12.5. The number of amides is 1. The van der Waals surface area contributed by atoms with E-state index in [1.807, 2.05) is 25.7 Å². The first-order chi connectivity index (χ1) is 10.4. The Kier molecular flexibility index (Phi) is 6.94. The van der Waals surface area contributed by atoms with Crippen molar-refractivity contribution in [3.05, 3.63) is 0 Å². The molecule has 1 rings (SSSR count). The fraction of sp³-hybridized carbons (Fsp3) is 0.947. The molecule has 0 aliphatic heterocycles. The van der Waals surface area contributed by atoms with Crippen molar-refractivity contribution >= 4 is 6.09 Å². The predicted octanol–water partition coefficient (Wildman–Crippen LogP) is 4.44. The number of carbonyl (C=O) groups is 1. The maximum Gasteiger partial charge on any atom is 0.410 e. The van der Waals surface area contributed by atoms with Gasteiger partial charge in [0.1, 0.15) is 5.60 Å². The number of nitrogens with zero attached hydrogens (tertiary/aromatic N) is 1. The van der Waals surface area contributed by atoms with E-state index in [4.69, 9.17) is 4.74 Å². The summed E-state index contributed by atoms with van der Waals surface area (Å²) in [4.78, 5) is 14.3. The van der Waals surface area contributed by atoms with Gasteiger partial charge in [0.15, 0.2) is 0 Å². The lowest BCUT2D eigenvalue weighted by Gasteiger charge is -2.38. The first-order valence-electron chi connectivity index (χ1n) is 9.14. The molecule has 4 heteroatoms. The van der Waals surface area contributed by atoms with Crippen molar-refractivity contribution in [1.29, 1.82) is 0 Å². The van der Waals surface area contributed by atoms with Crippen LogP contribution in [0.5, 0.6) is 0 Å². The SMILES string of the molecule is CC1CCC(NCCN(C(=O)OC(C)(C)C)C(C)(C)C)C(C)C1. The normalized spacial score (nSPS) is 26.0. The smallest absolute Gasteiger partial charge is 0.410 e. The highest BCUT2D eigenvalue weighted by Crippen LogP contribution is 2.28. The Labute approximate surface area is 143 Å². The Balaban J connectivity index is 2.54. The van der Waals surface area contributed by atoms with Crippen LogP contribution >= 0.6 is 0 Å². The van der Waals surface area contributed by atoms with E-state index in [0.717, 1.165) is 12.5 Å². The zero-order valence-corrected chi connectivity index (χ0v) is 16.5. The molecule has 0 spiro atoms. The van der Waals surface area contributed by atoms with E-state index in [-0.39, 0.29) is 11.6 Å². The molecule has 0 aromatic carbocycles. The lowest BCUT2D eigenvalue weighted by Crippen LogP contribution is -2.51. The van der Waals surface area contributed by atoms with Crippen LogP contribution in [0, 0.1) is 11.8 Å². The number of hydrogen-bond donors (Lipinski definition) is 1. The highest BCUT2D eigenvalue weighted by molar-refractivity contribution is 5.69. The molecule has 0 saturated heterocycles. The minimum absolute atomic E-state index is 0.225. The molecule has 1 aliphatic rings. The van der Waals surface area contributed by atoms with Crippen LogP contribution in [0.4, 0.5) is 4.79 Å². The lowest BCUT2D eigenvalue weighted by molar-refractivity contribution is 0.00622. The number of rotatable bonds is 4. The average Bonchev–Trinajstić information content (AvgIpc) is 2.32. The Morgan fingerprint density at radius 2 is 1.74 bits per heavy atom. The molecule has 0 heterocycles. The summed E-state index contributed by atoms with van der Waals surface area (Å²) in [6.07, 6.45) is 3.62. The van der Waals surface area contributed by atoms with Gasteiger partial charge in [0.25, 0.3) is 0 Å². The topological polar surface area (TPSA) is 41.6 Å². The third-order valence-corrected chi connectivity index (χ3v) is 4.60. The molecule has 0 aromatic heterocycles. The van der Waals surface area contributed by atoms with Crippen LogP contribution in [0.2, 0.25) is 0 Å². The van der Waals surface area contributed by atoms with Gasteiger partial charge >= 0.3 is 6.09 Å². The summed E-state index contributed by atoms with van der Waals surface area (Å²) in [5.74, 6) is 1.55. The average molecular weight is 327 g/mol. The lowest BCUT2D eigenvalue weighted by atomic mass is 9.80. The molecule has 4 nitrogen and oxygen atoms in total. The summed E-state index contributed by atoms with van der Waals surface area (Å²) < 4.78 is 5.56. The summed E-state index contributed by atoms with van der Waals surface area (Å²) in [5, 5.41) is 3.66. The second-order valence-electron chi connectivity index (χ2n) is 9.26. The van der Waals surface area contributed by atoms with Crippen LogP contribution in [0.15, 0.2) is 0 Å². The summed E-state index contributed by atoms with van der Waals surface area (Å²) in [6, 6.07) is 0.576. The number of ether oxygens (including phenoxy) is 1. The molecule has 3 unspecified atom stereocenters. The fourth-order valence-electron chi connectivity index (χ4n) is 3.35. The zero-order valence-electron chi connectivity index (χ0n) is 16.5. The van der Waals surface area contributed by atoms with E-state index in [2.05, 4.69) is 39.9 Å². The van der Waals surface area contributed by atoms with Crippen molar-refractivity contribution in [3.8, 4) is 0 Å². The van der Waals surface area contributed by atoms with E-state index >= 15 is 0 Å². The van der Waals surface area contributed by atoms with Crippen LogP contribution in [0.25, 0.3) is 0 Å². The molecule has 3 atom stereocenters. The van der Waals surface area contributed by atoms with Crippen molar-refractivity contribution in [3.63, 3.8) is 0 Å². The van der Waals surface area contributed by atoms with Gasteiger partial charge in [0, 0.05) is 24.7 Å². The Bertz CT molecular complexity index is 382. The number of hydrogen-bond acceptors (Lipinski definition) is 3. The van der Waals surface area contributed by atoms with E-state index in [1.165, 1.54) is 19.3 Å². The largest absolute Gasteiger partial charge is 0.444 e. The third kappa shape index (κ3) is 7.11. The quantitative estimate of drug-likeness (QED) is 0.830.